The number of aliphatic hydroxyl groups is 1. The molecule has 2 aromatic carbocycles. The number of benzene rings is 2. The van der Waals surface area contributed by atoms with Crippen LogP contribution in [-0.4, -0.2) is 16.6 Å². The molecule has 0 aromatic heterocycles. The third-order valence-corrected chi connectivity index (χ3v) is 2.87. The van der Waals surface area contributed by atoms with Gasteiger partial charge in [-0.2, -0.15) is 0 Å². The molecule has 4 heteroatoms. The Morgan fingerprint density at radius 1 is 1.14 bits per heavy atom. The van der Waals surface area contributed by atoms with Crippen LogP contribution in [0.5, 0.6) is 0 Å². The highest BCUT2D eigenvalue weighted by molar-refractivity contribution is 6.05. The van der Waals surface area contributed by atoms with Gasteiger partial charge in [0.15, 0.2) is 0 Å². The summed E-state index contributed by atoms with van der Waals surface area (Å²) in [7, 11) is 0. The Labute approximate surface area is 130 Å². The molecular weight excluding hydrogens is 276 g/mol. The summed E-state index contributed by atoms with van der Waals surface area (Å²) >= 11 is 0. The normalized spacial score (nSPS) is 10.5. The lowest BCUT2D eigenvalue weighted by Crippen LogP contribution is -2.14. The van der Waals surface area contributed by atoms with Crippen molar-refractivity contribution >= 4 is 17.3 Å². The number of nitrogen functional groups attached to an aromatic ring is 1. The van der Waals surface area contributed by atoms with Crippen molar-refractivity contribution < 1.29 is 9.90 Å². The Morgan fingerprint density at radius 3 is 2.36 bits per heavy atom. The largest absolute Gasteiger partial charge is 0.397 e. The zero-order chi connectivity index (χ0) is 16.2. The Kier molecular flexibility index (Phi) is 4.50. The summed E-state index contributed by atoms with van der Waals surface area (Å²) in [5, 5.41) is 12.3. The van der Waals surface area contributed by atoms with Crippen molar-refractivity contribution in [2.45, 2.75) is 19.4 Å². The molecule has 1 amide bonds. The van der Waals surface area contributed by atoms with E-state index in [1.165, 1.54) is 0 Å². The molecule has 2 aromatic rings. The average molecular weight is 294 g/mol. The van der Waals surface area contributed by atoms with Crippen molar-refractivity contribution in [2.24, 2.45) is 0 Å². The third kappa shape index (κ3) is 4.37. The van der Waals surface area contributed by atoms with Gasteiger partial charge in [-0.1, -0.05) is 24.0 Å². The van der Waals surface area contributed by atoms with Crippen LogP contribution in [0.4, 0.5) is 11.4 Å². The molecule has 0 aliphatic rings. The Hall–Kier alpha value is -2.77. The molecule has 0 heterocycles. The predicted octanol–water partition coefficient (Wildman–Crippen LogP) is 2.64. The van der Waals surface area contributed by atoms with Gasteiger partial charge in [0, 0.05) is 11.1 Å². The van der Waals surface area contributed by atoms with E-state index < -0.39 is 5.60 Å². The molecule has 4 N–H and O–H groups in total. The minimum absolute atomic E-state index is 0.236. The van der Waals surface area contributed by atoms with Gasteiger partial charge in [-0.05, 0) is 50.2 Å². The number of hydrogen-bond acceptors (Lipinski definition) is 3. The summed E-state index contributed by atoms with van der Waals surface area (Å²) in [4.78, 5) is 12.2. The van der Waals surface area contributed by atoms with Crippen molar-refractivity contribution in [1.82, 2.24) is 0 Å². The number of carbonyl (C=O) groups excluding carboxylic acids is 1. The Bertz CT molecular complexity index is 732. The van der Waals surface area contributed by atoms with Crippen LogP contribution < -0.4 is 11.1 Å². The van der Waals surface area contributed by atoms with Crippen molar-refractivity contribution in [1.29, 1.82) is 0 Å². The second kappa shape index (κ2) is 6.33. The second-order valence-corrected chi connectivity index (χ2v) is 5.43. The first-order valence-corrected chi connectivity index (χ1v) is 6.87. The number of nitrogens with two attached hydrogens (primary N) is 1. The minimum atomic E-state index is -1.04. The maximum Gasteiger partial charge on any atom is 0.255 e. The number of rotatable bonds is 2. The van der Waals surface area contributed by atoms with Gasteiger partial charge in [-0.15, -0.1) is 0 Å². The molecule has 22 heavy (non-hydrogen) atoms. The van der Waals surface area contributed by atoms with E-state index in [-0.39, 0.29) is 5.91 Å². The Morgan fingerprint density at radius 2 is 1.77 bits per heavy atom. The van der Waals surface area contributed by atoms with Crippen LogP contribution in [0.25, 0.3) is 0 Å². The lowest BCUT2D eigenvalue weighted by atomic mass is 10.1. The summed E-state index contributed by atoms with van der Waals surface area (Å²) in [6.45, 7) is 3.23. The smallest absolute Gasteiger partial charge is 0.255 e. The van der Waals surface area contributed by atoms with E-state index in [1.54, 1.807) is 62.4 Å². The molecule has 0 atom stereocenters. The summed E-state index contributed by atoms with van der Waals surface area (Å²) in [6.07, 6.45) is 0. The van der Waals surface area contributed by atoms with E-state index in [9.17, 15) is 9.90 Å². The van der Waals surface area contributed by atoms with Crippen LogP contribution in [0.2, 0.25) is 0 Å². The molecular formula is C18H18N2O2. The van der Waals surface area contributed by atoms with Crippen LogP contribution in [0.1, 0.15) is 29.8 Å². The van der Waals surface area contributed by atoms with Crippen molar-refractivity contribution in [3.05, 3.63) is 59.7 Å². The average Bonchev–Trinajstić information content (AvgIpc) is 2.47. The topological polar surface area (TPSA) is 75.3 Å². The fourth-order valence-corrected chi connectivity index (χ4v) is 1.74. The van der Waals surface area contributed by atoms with E-state index in [2.05, 4.69) is 17.2 Å². The zero-order valence-corrected chi connectivity index (χ0v) is 12.6. The molecule has 0 fully saturated rings. The van der Waals surface area contributed by atoms with Crippen molar-refractivity contribution in [3.8, 4) is 11.8 Å². The van der Waals surface area contributed by atoms with Crippen LogP contribution in [0.15, 0.2) is 48.5 Å². The van der Waals surface area contributed by atoms with Crippen LogP contribution >= 0.6 is 0 Å². The highest BCUT2D eigenvalue weighted by atomic mass is 16.3. The molecule has 112 valence electrons. The molecule has 0 spiro atoms. The Balaban J connectivity index is 2.11. The fourth-order valence-electron chi connectivity index (χ4n) is 1.74. The van der Waals surface area contributed by atoms with E-state index in [1.807, 2.05) is 0 Å². The van der Waals surface area contributed by atoms with E-state index in [4.69, 9.17) is 5.73 Å². The first kappa shape index (κ1) is 15.6. The summed E-state index contributed by atoms with van der Waals surface area (Å²) < 4.78 is 0. The number of nitrogens with one attached hydrogen (secondary N) is 1. The maximum absolute atomic E-state index is 12.2. The number of anilines is 2. The second-order valence-electron chi connectivity index (χ2n) is 5.43. The van der Waals surface area contributed by atoms with Gasteiger partial charge in [0.05, 0.1) is 11.4 Å². The fraction of sp³-hybridized carbons (Fsp3) is 0.167. The van der Waals surface area contributed by atoms with Gasteiger partial charge in [0.1, 0.15) is 5.60 Å². The monoisotopic (exact) mass is 294 g/mol. The summed E-state index contributed by atoms with van der Waals surface area (Å²) in [5.41, 5.74) is 7.10. The van der Waals surface area contributed by atoms with E-state index >= 15 is 0 Å². The van der Waals surface area contributed by atoms with E-state index in [0.717, 1.165) is 5.56 Å². The van der Waals surface area contributed by atoms with Crippen LogP contribution in [0, 0.1) is 11.8 Å². The number of carbonyl (C=O) groups is 1. The minimum Gasteiger partial charge on any atom is -0.397 e. The standard InChI is InChI=1S/C18H18N2O2/c1-18(2,22)12-11-13-7-9-14(10-8-13)17(21)20-16-6-4-3-5-15(16)19/h3-10,22H,19H2,1-2H3,(H,20,21). The van der Waals surface area contributed by atoms with Crippen molar-refractivity contribution in [3.63, 3.8) is 0 Å². The quantitative estimate of drug-likeness (QED) is 0.589. The molecule has 0 unspecified atom stereocenters. The first-order valence-electron chi connectivity index (χ1n) is 6.87. The maximum atomic E-state index is 12.2. The summed E-state index contributed by atoms with van der Waals surface area (Å²) in [5.74, 6) is 5.34. The van der Waals surface area contributed by atoms with Gasteiger partial charge < -0.3 is 16.2 Å². The lowest BCUT2D eigenvalue weighted by Gasteiger charge is -2.08. The van der Waals surface area contributed by atoms with Gasteiger partial charge in [-0.3, -0.25) is 4.79 Å². The molecule has 0 aliphatic carbocycles. The SMILES string of the molecule is CC(C)(O)C#Cc1ccc(C(=O)Nc2ccccc2N)cc1. The number of para-hydroxylation sites is 2. The highest BCUT2D eigenvalue weighted by Crippen LogP contribution is 2.18. The molecule has 0 radical (unpaired) electrons. The van der Waals surface area contributed by atoms with Gasteiger partial charge in [0.25, 0.3) is 5.91 Å². The molecule has 0 saturated heterocycles. The first-order chi connectivity index (χ1) is 10.3. The lowest BCUT2D eigenvalue weighted by molar-refractivity contribution is 0.102. The molecule has 0 aliphatic heterocycles. The van der Waals surface area contributed by atoms with E-state index in [0.29, 0.717) is 16.9 Å². The van der Waals surface area contributed by atoms with Gasteiger partial charge in [-0.25, -0.2) is 0 Å². The van der Waals surface area contributed by atoms with Gasteiger partial charge >= 0.3 is 0 Å². The number of hydrogen-bond donors (Lipinski definition) is 3. The van der Waals surface area contributed by atoms with Gasteiger partial charge in [0.2, 0.25) is 0 Å². The van der Waals surface area contributed by atoms with Crippen LogP contribution in [0.3, 0.4) is 0 Å². The molecule has 4 nitrogen and oxygen atoms in total. The summed E-state index contributed by atoms with van der Waals surface area (Å²) in [6, 6.07) is 13.9. The number of amides is 1. The van der Waals surface area contributed by atoms with Crippen molar-refractivity contribution in [2.75, 3.05) is 11.1 Å². The predicted molar refractivity (Wildman–Crippen MR) is 88.4 cm³/mol. The molecule has 0 bridgehead atoms. The third-order valence-electron chi connectivity index (χ3n) is 2.87. The zero-order valence-electron chi connectivity index (χ0n) is 12.6. The molecule has 2 rings (SSSR count). The van der Waals surface area contributed by atoms with Crippen LogP contribution in [-0.2, 0) is 0 Å². The molecule has 0 saturated carbocycles. The highest BCUT2D eigenvalue weighted by Gasteiger charge is 2.08.